The molecule has 0 N–H and O–H groups in total. The summed E-state index contributed by atoms with van der Waals surface area (Å²) in [4.78, 5) is 11.4. The highest BCUT2D eigenvalue weighted by atomic mass is 16.1. The molecule has 2 aliphatic rings. The van der Waals surface area contributed by atoms with Gasteiger partial charge in [-0.25, -0.2) is 0 Å². The lowest BCUT2D eigenvalue weighted by Gasteiger charge is -2.00. The summed E-state index contributed by atoms with van der Waals surface area (Å²) in [5.41, 5.74) is 2.51. The van der Waals surface area contributed by atoms with Crippen LogP contribution in [0.3, 0.4) is 0 Å². The number of hydrogen-bond acceptors (Lipinski definition) is 1. The van der Waals surface area contributed by atoms with Crippen molar-refractivity contribution in [3.63, 3.8) is 0 Å². The van der Waals surface area contributed by atoms with Crippen molar-refractivity contribution in [2.24, 2.45) is 5.92 Å². The summed E-state index contributed by atoms with van der Waals surface area (Å²) in [7, 11) is 0. The summed E-state index contributed by atoms with van der Waals surface area (Å²) in [6.07, 6.45) is 9.94. The zero-order valence-electron chi connectivity index (χ0n) is 7.21. The summed E-state index contributed by atoms with van der Waals surface area (Å²) in [6.45, 7) is 2.05. The lowest BCUT2D eigenvalue weighted by molar-refractivity contribution is -0.119. The maximum Gasteiger partial charge on any atom is 0.144 e. The number of Topliss-reactive ketones (excluding diaryl/α,β-unsaturated/α-hetero) is 1. The van der Waals surface area contributed by atoms with E-state index in [1.54, 1.807) is 0 Å². The second-order valence-electron chi connectivity index (χ2n) is 3.46. The maximum absolute atomic E-state index is 11.4. The number of fused-ring (bicyclic) bond motifs is 1. The first-order chi connectivity index (χ1) is 5.77. The van der Waals surface area contributed by atoms with Crippen molar-refractivity contribution in [1.82, 2.24) is 0 Å². The second kappa shape index (κ2) is 2.74. The number of allylic oxidation sites excluding steroid dienone is 6. The van der Waals surface area contributed by atoms with Crippen LogP contribution >= 0.6 is 0 Å². The Morgan fingerprint density at radius 2 is 2.17 bits per heavy atom. The molecule has 1 heteroatoms. The quantitative estimate of drug-likeness (QED) is 0.532. The molecule has 1 saturated carbocycles. The molecule has 0 radical (unpaired) electrons. The van der Waals surface area contributed by atoms with Gasteiger partial charge in [0.25, 0.3) is 0 Å². The van der Waals surface area contributed by atoms with E-state index in [-0.39, 0.29) is 5.92 Å². The Balaban J connectivity index is 2.37. The fraction of sp³-hybridized carbons (Fsp3) is 0.364. The lowest BCUT2D eigenvalue weighted by Crippen LogP contribution is -2.03. The Kier molecular flexibility index (Phi) is 1.72. The van der Waals surface area contributed by atoms with Crippen LogP contribution in [0.1, 0.15) is 19.8 Å². The first-order valence-corrected chi connectivity index (χ1v) is 4.35. The van der Waals surface area contributed by atoms with Crippen LogP contribution in [0.25, 0.3) is 0 Å². The SMILES string of the molecule is CC1=CC=C2CCC(=O)C2C=C1. The normalized spacial score (nSPS) is 27.8. The molecule has 0 amide bonds. The van der Waals surface area contributed by atoms with Crippen molar-refractivity contribution in [2.75, 3.05) is 0 Å². The molecule has 0 heterocycles. The molecule has 62 valence electrons. The van der Waals surface area contributed by atoms with Crippen molar-refractivity contribution in [2.45, 2.75) is 19.8 Å². The van der Waals surface area contributed by atoms with Gasteiger partial charge in [0, 0.05) is 6.42 Å². The third-order valence-electron chi connectivity index (χ3n) is 2.52. The molecule has 12 heavy (non-hydrogen) atoms. The average Bonchev–Trinajstić information content (AvgIpc) is 2.28. The lowest BCUT2D eigenvalue weighted by atomic mass is 10.0. The molecule has 0 aromatic carbocycles. The molecule has 0 aliphatic heterocycles. The predicted molar refractivity (Wildman–Crippen MR) is 48.7 cm³/mol. The smallest absolute Gasteiger partial charge is 0.144 e. The van der Waals surface area contributed by atoms with E-state index in [0.717, 1.165) is 12.8 Å². The fourth-order valence-electron chi connectivity index (χ4n) is 1.75. The molecule has 0 bridgehead atoms. The number of ketones is 1. The third-order valence-corrected chi connectivity index (χ3v) is 2.52. The van der Waals surface area contributed by atoms with Crippen LogP contribution in [0, 0.1) is 5.92 Å². The van der Waals surface area contributed by atoms with Crippen molar-refractivity contribution in [3.05, 3.63) is 35.5 Å². The first-order valence-electron chi connectivity index (χ1n) is 4.35. The van der Waals surface area contributed by atoms with Crippen LogP contribution in [0.5, 0.6) is 0 Å². The van der Waals surface area contributed by atoms with E-state index in [9.17, 15) is 4.79 Å². The highest BCUT2D eigenvalue weighted by Gasteiger charge is 2.26. The zero-order chi connectivity index (χ0) is 8.55. The molecule has 2 aliphatic carbocycles. The van der Waals surface area contributed by atoms with Gasteiger partial charge >= 0.3 is 0 Å². The summed E-state index contributed by atoms with van der Waals surface area (Å²) < 4.78 is 0. The Bertz CT molecular complexity index is 305. The fourth-order valence-corrected chi connectivity index (χ4v) is 1.75. The summed E-state index contributed by atoms with van der Waals surface area (Å²) in [6, 6.07) is 0. The van der Waals surface area contributed by atoms with E-state index in [4.69, 9.17) is 0 Å². The van der Waals surface area contributed by atoms with E-state index >= 15 is 0 Å². The van der Waals surface area contributed by atoms with E-state index in [1.165, 1.54) is 11.1 Å². The number of hydrogen-bond donors (Lipinski definition) is 0. The van der Waals surface area contributed by atoms with Gasteiger partial charge < -0.3 is 0 Å². The number of rotatable bonds is 0. The molecule has 0 spiro atoms. The van der Waals surface area contributed by atoms with Crippen LogP contribution < -0.4 is 0 Å². The van der Waals surface area contributed by atoms with E-state index < -0.39 is 0 Å². The molecule has 0 saturated heterocycles. The molecule has 0 aromatic rings. The van der Waals surface area contributed by atoms with Crippen LogP contribution in [-0.2, 0) is 4.79 Å². The van der Waals surface area contributed by atoms with Crippen molar-refractivity contribution >= 4 is 5.78 Å². The van der Waals surface area contributed by atoms with Gasteiger partial charge in [-0.15, -0.1) is 0 Å². The highest BCUT2D eigenvalue weighted by Crippen LogP contribution is 2.30. The maximum atomic E-state index is 11.4. The number of carbonyl (C=O) groups excluding carboxylic acids is 1. The molecular weight excluding hydrogens is 148 g/mol. The monoisotopic (exact) mass is 160 g/mol. The van der Waals surface area contributed by atoms with E-state index in [0.29, 0.717) is 5.78 Å². The van der Waals surface area contributed by atoms with Crippen molar-refractivity contribution in [3.8, 4) is 0 Å². The van der Waals surface area contributed by atoms with Gasteiger partial charge in [-0.1, -0.05) is 35.5 Å². The molecule has 1 unspecified atom stereocenters. The Morgan fingerprint density at radius 3 is 3.00 bits per heavy atom. The Hall–Kier alpha value is -1.11. The van der Waals surface area contributed by atoms with Crippen LogP contribution in [0.15, 0.2) is 35.5 Å². The molecular formula is C11H12O. The van der Waals surface area contributed by atoms with Gasteiger partial charge in [-0.2, -0.15) is 0 Å². The summed E-state index contributed by atoms with van der Waals surface area (Å²) in [5.74, 6) is 0.472. The largest absolute Gasteiger partial charge is 0.299 e. The van der Waals surface area contributed by atoms with Crippen LogP contribution in [0.4, 0.5) is 0 Å². The standard InChI is InChI=1S/C11H12O/c1-8-2-4-9-5-7-11(12)10(9)6-3-8/h2-4,6,10H,5,7H2,1H3. The first kappa shape index (κ1) is 7.53. The van der Waals surface area contributed by atoms with E-state index in [1.807, 2.05) is 12.2 Å². The minimum absolute atomic E-state index is 0.0960. The highest BCUT2D eigenvalue weighted by molar-refractivity contribution is 5.89. The Morgan fingerprint density at radius 1 is 1.33 bits per heavy atom. The van der Waals surface area contributed by atoms with Crippen molar-refractivity contribution < 1.29 is 4.79 Å². The Labute approximate surface area is 72.5 Å². The zero-order valence-corrected chi connectivity index (χ0v) is 7.21. The number of carbonyl (C=O) groups is 1. The topological polar surface area (TPSA) is 17.1 Å². The van der Waals surface area contributed by atoms with Crippen LogP contribution in [-0.4, -0.2) is 5.78 Å². The van der Waals surface area contributed by atoms with Gasteiger partial charge in [0.2, 0.25) is 0 Å². The molecule has 1 atom stereocenters. The second-order valence-corrected chi connectivity index (χ2v) is 3.46. The molecule has 1 nitrogen and oxygen atoms in total. The minimum Gasteiger partial charge on any atom is -0.299 e. The molecule has 0 aromatic heterocycles. The van der Waals surface area contributed by atoms with Crippen molar-refractivity contribution in [1.29, 1.82) is 0 Å². The van der Waals surface area contributed by atoms with Crippen LogP contribution in [0.2, 0.25) is 0 Å². The molecule has 2 rings (SSSR count). The predicted octanol–water partition coefficient (Wildman–Crippen LogP) is 2.41. The van der Waals surface area contributed by atoms with Gasteiger partial charge in [0.05, 0.1) is 5.92 Å². The van der Waals surface area contributed by atoms with E-state index in [2.05, 4.69) is 19.1 Å². The summed E-state index contributed by atoms with van der Waals surface area (Å²) in [5, 5.41) is 0. The van der Waals surface area contributed by atoms with Gasteiger partial charge in [0.1, 0.15) is 5.78 Å². The van der Waals surface area contributed by atoms with Gasteiger partial charge in [-0.3, -0.25) is 4.79 Å². The third kappa shape index (κ3) is 1.15. The minimum atomic E-state index is 0.0960. The van der Waals surface area contributed by atoms with Gasteiger partial charge in [0.15, 0.2) is 0 Å². The van der Waals surface area contributed by atoms with Gasteiger partial charge in [-0.05, 0) is 13.3 Å². The molecule has 1 fully saturated rings. The summed E-state index contributed by atoms with van der Waals surface area (Å²) >= 11 is 0. The average molecular weight is 160 g/mol.